The van der Waals surface area contributed by atoms with Crippen molar-refractivity contribution in [2.45, 2.75) is 25.3 Å². The number of rotatable bonds is 4. The largest absolute Gasteiger partial charge is 0.495 e. The van der Waals surface area contributed by atoms with Crippen LogP contribution in [0.4, 0.5) is 0 Å². The summed E-state index contributed by atoms with van der Waals surface area (Å²) in [6, 6.07) is -0.653. The average Bonchev–Trinajstić information content (AvgIpc) is 2.35. The number of thioether (sulfide) groups is 1. The molecule has 2 N–H and O–H groups in total. The number of carbonyl (C=O) groups is 3. The molecule has 0 aliphatic carbocycles. The summed E-state index contributed by atoms with van der Waals surface area (Å²) in [5.74, 6) is -1.24. The van der Waals surface area contributed by atoms with E-state index in [0.717, 1.165) is 0 Å². The normalized spacial score (nSPS) is 25.6. The highest BCUT2D eigenvalue weighted by atomic mass is 32.2. The lowest BCUT2D eigenvalue weighted by molar-refractivity contribution is -0.151. The van der Waals surface area contributed by atoms with Gasteiger partial charge in [0.1, 0.15) is 17.2 Å². The van der Waals surface area contributed by atoms with E-state index >= 15 is 0 Å². The Kier molecular flexibility index (Phi) is 3.70. The second-order valence-electron chi connectivity index (χ2n) is 4.10. The maximum absolute atomic E-state index is 11.9. The van der Waals surface area contributed by atoms with Gasteiger partial charge in [-0.25, -0.2) is 4.79 Å². The summed E-state index contributed by atoms with van der Waals surface area (Å²) in [4.78, 5) is 35.4. The van der Waals surface area contributed by atoms with E-state index in [4.69, 9.17) is 4.74 Å². The van der Waals surface area contributed by atoms with Gasteiger partial charge in [0, 0.05) is 6.92 Å². The third kappa shape index (κ3) is 2.27. The molecule has 1 fully saturated rings. The summed E-state index contributed by atoms with van der Waals surface area (Å²) in [5.41, 5.74) is -0.114. The monoisotopic (exact) mass is 286 g/mol. The molecule has 0 saturated carbocycles. The smallest absolute Gasteiger partial charge is 0.356 e. The highest BCUT2D eigenvalue weighted by Gasteiger charge is 2.54. The minimum absolute atomic E-state index is 0.114. The van der Waals surface area contributed by atoms with E-state index in [1.54, 1.807) is 6.92 Å². The van der Waals surface area contributed by atoms with Gasteiger partial charge in [0.25, 0.3) is 5.91 Å². The van der Waals surface area contributed by atoms with Crippen LogP contribution in [0.25, 0.3) is 0 Å². The Morgan fingerprint density at radius 2 is 2.26 bits per heavy atom. The van der Waals surface area contributed by atoms with Crippen molar-refractivity contribution < 1.29 is 24.2 Å². The molecular formula is C11H14N2O5S. The maximum Gasteiger partial charge on any atom is 0.356 e. The van der Waals surface area contributed by atoms with Gasteiger partial charge in [0.15, 0.2) is 5.70 Å². The van der Waals surface area contributed by atoms with Gasteiger partial charge >= 0.3 is 5.97 Å². The SMILES string of the molecule is CCOC1=C(C(=O)O)N2C(=O)C(NC(C)=O)[C@H]2SC1. The average molecular weight is 286 g/mol. The summed E-state index contributed by atoms with van der Waals surface area (Å²) in [6.07, 6.45) is 0. The predicted molar refractivity (Wildman–Crippen MR) is 67.0 cm³/mol. The quantitative estimate of drug-likeness (QED) is 0.691. The van der Waals surface area contributed by atoms with E-state index in [0.29, 0.717) is 18.1 Å². The molecule has 1 saturated heterocycles. The molecule has 19 heavy (non-hydrogen) atoms. The summed E-state index contributed by atoms with van der Waals surface area (Å²) in [7, 11) is 0. The van der Waals surface area contributed by atoms with E-state index in [2.05, 4.69) is 5.32 Å². The first-order valence-corrected chi connectivity index (χ1v) is 6.83. The fraction of sp³-hybridized carbons (Fsp3) is 0.545. The molecule has 8 heteroatoms. The van der Waals surface area contributed by atoms with Crippen LogP contribution in [0.3, 0.4) is 0 Å². The Balaban J connectivity index is 2.25. The molecule has 104 valence electrons. The van der Waals surface area contributed by atoms with Crippen LogP contribution in [0.1, 0.15) is 13.8 Å². The first-order chi connectivity index (χ1) is 8.97. The van der Waals surface area contributed by atoms with Crippen molar-refractivity contribution >= 4 is 29.5 Å². The minimum atomic E-state index is -1.19. The Bertz CT molecular complexity index is 476. The van der Waals surface area contributed by atoms with Crippen LogP contribution in [0.15, 0.2) is 11.5 Å². The number of fused-ring (bicyclic) bond motifs is 1. The zero-order valence-corrected chi connectivity index (χ0v) is 11.3. The third-order valence-corrected chi connectivity index (χ3v) is 4.07. The Labute approximate surface area is 114 Å². The van der Waals surface area contributed by atoms with Gasteiger partial charge in [0.05, 0.1) is 12.4 Å². The highest BCUT2D eigenvalue weighted by molar-refractivity contribution is 8.00. The highest BCUT2D eigenvalue weighted by Crippen LogP contribution is 2.40. The topological polar surface area (TPSA) is 95.9 Å². The Morgan fingerprint density at radius 1 is 1.58 bits per heavy atom. The van der Waals surface area contributed by atoms with Gasteiger partial charge in [-0.15, -0.1) is 11.8 Å². The predicted octanol–water partition coefficient (Wildman–Crippen LogP) is -0.261. The molecule has 0 aromatic rings. The van der Waals surface area contributed by atoms with Gasteiger partial charge in [0.2, 0.25) is 5.91 Å². The van der Waals surface area contributed by atoms with Crippen LogP contribution in [0, 0.1) is 0 Å². The zero-order chi connectivity index (χ0) is 14.2. The number of aliphatic carboxylic acids is 1. The van der Waals surface area contributed by atoms with Crippen LogP contribution in [0.5, 0.6) is 0 Å². The Hall–Kier alpha value is -1.70. The molecule has 2 heterocycles. The number of amides is 2. The summed E-state index contributed by atoms with van der Waals surface area (Å²) in [6.45, 7) is 3.42. The molecule has 0 radical (unpaired) electrons. The number of nitrogens with one attached hydrogen (secondary N) is 1. The van der Waals surface area contributed by atoms with Crippen molar-refractivity contribution in [3.63, 3.8) is 0 Å². The number of hydrogen-bond acceptors (Lipinski definition) is 5. The number of carbonyl (C=O) groups excluding carboxylic acids is 2. The van der Waals surface area contributed by atoms with Crippen LogP contribution >= 0.6 is 11.8 Å². The van der Waals surface area contributed by atoms with Crippen LogP contribution in [-0.2, 0) is 19.1 Å². The van der Waals surface area contributed by atoms with Crippen molar-refractivity contribution in [3.8, 4) is 0 Å². The molecule has 0 aromatic heterocycles. The van der Waals surface area contributed by atoms with Gasteiger partial charge in [-0.3, -0.25) is 14.5 Å². The zero-order valence-electron chi connectivity index (χ0n) is 10.5. The molecule has 0 spiro atoms. The third-order valence-electron chi connectivity index (χ3n) is 2.81. The van der Waals surface area contributed by atoms with Crippen LogP contribution in [0.2, 0.25) is 0 Å². The number of nitrogens with zero attached hydrogens (tertiary/aromatic N) is 1. The van der Waals surface area contributed by atoms with Crippen molar-refractivity contribution in [1.29, 1.82) is 0 Å². The standard InChI is InChI=1S/C11H14N2O5S/c1-3-18-6-4-19-10-7(12-5(2)14)9(15)13(10)8(6)11(16)17/h7,10H,3-4H2,1-2H3,(H,12,14)(H,16,17)/t7?,10-/m1/s1. The van der Waals surface area contributed by atoms with E-state index in [1.807, 2.05) is 0 Å². The first-order valence-electron chi connectivity index (χ1n) is 5.78. The van der Waals surface area contributed by atoms with Crippen molar-refractivity contribution in [2.75, 3.05) is 12.4 Å². The fourth-order valence-corrected chi connectivity index (χ4v) is 3.37. The van der Waals surface area contributed by atoms with Gasteiger partial charge in [-0.2, -0.15) is 0 Å². The Morgan fingerprint density at radius 3 is 2.79 bits per heavy atom. The molecule has 2 aliphatic rings. The molecule has 2 aliphatic heterocycles. The lowest BCUT2D eigenvalue weighted by Crippen LogP contribution is -2.70. The second-order valence-corrected chi connectivity index (χ2v) is 5.20. The van der Waals surface area contributed by atoms with Gasteiger partial charge in [-0.1, -0.05) is 0 Å². The number of carboxylic acids is 1. The van der Waals surface area contributed by atoms with Crippen molar-refractivity contribution in [2.24, 2.45) is 0 Å². The number of hydrogen-bond donors (Lipinski definition) is 2. The van der Waals surface area contributed by atoms with E-state index in [9.17, 15) is 19.5 Å². The minimum Gasteiger partial charge on any atom is -0.495 e. The summed E-state index contributed by atoms with van der Waals surface area (Å²) in [5, 5.41) is 11.4. The number of carboxylic acid groups (broad SMARTS) is 1. The van der Waals surface area contributed by atoms with Gasteiger partial charge in [-0.05, 0) is 6.92 Å². The van der Waals surface area contributed by atoms with Crippen LogP contribution < -0.4 is 5.32 Å². The lowest BCUT2D eigenvalue weighted by atomic mass is 10.0. The van der Waals surface area contributed by atoms with Crippen molar-refractivity contribution in [1.82, 2.24) is 10.2 Å². The molecule has 2 amide bonds. The molecular weight excluding hydrogens is 272 g/mol. The molecule has 1 unspecified atom stereocenters. The summed E-state index contributed by atoms with van der Waals surface area (Å²) >= 11 is 1.38. The van der Waals surface area contributed by atoms with E-state index in [1.165, 1.54) is 23.6 Å². The molecule has 2 atom stereocenters. The maximum atomic E-state index is 11.9. The second kappa shape index (κ2) is 5.12. The first kappa shape index (κ1) is 13.7. The molecule has 2 rings (SSSR count). The fourth-order valence-electron chi connectivity index (χ4n) is 2.09. The van der Waals surface area contributed by atoms with E-state index < -0.39 is 17.9 Å². The number of ether oxygens (including phenoxy) is 1. The molecule has 0 aromatic carbocycles. The summed E-state index contributed by atoms with van der Waals surface area (Å²) < 4.78 is 5.27. The molecule has 7 nitrogen and oxygen atoms in total. The van der Waals surface area contributed by atoms with Crippen molar-refractivity contribution in [3.05, 3.63) is 11.5 Å². The number of β-lactam (4-membered cyclic amide) rings is 1. The van der Waals surface area contributed by atoms with Crippen LogP contribution in [-0.4, -0.2) is 51.6 Å². The van der Waals surface area contributed by atoms with Gasteiger partial charge < -0.3 is 15.2 Å². The van der Waals surface area contributed by atoms with E-state index in [-0.39, 0.29) is 17.0 Å². The molecule has 0 bridgehead atoms. The lowest BCUT2D eigenvalue weighted by Gasteiger charge is -2.48.